The van der Waals surface area contributed by atoms with Gasteiger partial charge < -0.3 is 13.7 Å². The van der Waals surface area contributed by atoms with Crippen LogP contribution in [0.3, 0.4) is 0 Å². The molecule has 11 rings (SSSR count). The topological polar surface area (TPSA) is 18.6 Å². The molecule has 0 bridgehead atoms. The molecule has 40 heavy (non-hydrogen) atoms. The maximum atomic E-state index is 6.53. The molecule has 0 amide bonds. The van der Waals surface area contributed by atoms with Gasteiger partial charge in [-0.05, 0) is 46.7 Å². The van der Waals surface area contributed by atoms with E-state index in [1.54, 1.807) is 0 Å². The molecule has 0 saturated carbocycles. The lowest BCUT2D eigenvalue weighted by atomic mass is 9.34. The first-order chi connectivity index (χ1) is 19.9. The first-order valence-corrected chi connectivity index (χ1v) is 13.9. The fraction of sp³-hybridized carbons (Fsp3) is 0. The van der Waals surface area contributed by atoms with Crippen molar-refractivity contribution in [2.24, 2.45) is 0 Å². The molecule has 6 aromatic carbocycles. The number of ether oxygens (including phenoxy) is 1. The number of aromatic nitrogens is 2. The maximum absolute atomic E-state index is 6.53. The second kappa shape index (κ2) is 6.49. The van der Waals surface area contributed by atoms with Crippen LogP contribution >= 0.6 is 0 Å². The fourth-order valence-electron chi connectivity index (χ4n) is 8.08. The quantitative estimate of drug-likeness (QED) is 0.206. The van der Waals surface area contributed by atoms with Gasteiger partial charge in [-0.2, -0.15) is 0 Å². The Balaban J connectivity index is 1.42. The van der Waals surface area contributed by atoms with Gasteiger partial charge in [-0.15, -0.1) is 0 Å². The van der Waals surface area contributed by atoms with Crippen LogP contribution < -0.4 is 21.1 Å². The number of hydrogen-bond acceptors (Lipinski definition) is 1. The molecule has 0 N–H and O–H groups in total. The van der Waals surface area contributed by atoms with Gasteiger partial charge in [0.1, 0.15) is 11.5 Å². The number of rotatable bonds is 0. The summed E-state index contributed by atoms with van der Waals surface area (Å²) in [5.74, 6) is 1.91. The minimum atomic E-state index is 0.144. The van der Waals surface area contributed by atoms with Crippen molar-refractivity contribution in [3.63, 3.8) is 0 Å². The Morgan fingerprint density at radius 3 is 2.15 bits per heavy atom. The standard InChI is InChI=1S/C36H19BN2O/c1-3-14-27-20(8-1)21-9-5-11-24-32-28(38(27)34(21)24)19-18-23-22-10-6-13-26-35(22)39(36(23)32)29-15-7-17-31-33(29)37(26)25-12-2-4-16-30(25)40-31/h1-19H. The van der Waals surface area contributed by atoms with Gasteiger partial charge >= 0.3 is 0 Å². The maximum Gasteiger partial charge on any atom is 0.256 e. The van der Waals surface area contributed by atoms with Crippen LogP contribution in [-0.2, 0) is 0 Å². The molecule has 0 aliphatic carbocycles. The summed E-state index contributed by atoms with van der Waals surface area (Å²) in [5.41, 5.74) is 11.5. The van der Waals surface area contributed by atoms with Crippen LogP contribution in [-0.4, -0.2) is 15.7 Å². The van der Waals surface area contributed by atoms with Crippen molar-refractivity contribution in [3.05, 3.63) is 115 Å². The summed E-state index contributed by atoms with van der Waals surface area (Å²) in [4.78, 5) is 0. The average Bonchev–Trinajstić information content (AvgIpc) is 3.65. The molecular formula is C36H19BN2O. The van der Waals surface area contributed by atoms with E-state index in [0.717, 1.165) is 11.5 Å². The molecule has 0 saturated heterocycles. The Morgan fingerprint density at radius 1 is 0.475 bits per heavy atom. The number of fused-ring (bicyclic) bond motifs is 14. The van der Waals surface area contributed by atoms with E-state index in [1.165, 1.54) is 82.0 Å². The van der Waals surface area contributed by atoms with Crippen molar-refractivity contribution in [2.75, 3.05) is 0 Å². The Kier molecular flexibility index (Phi) is 3.21. The molecule has 0 atom stereocenters. The summed E-state index contributed by atoms with van der Waals surface area (Å²) >= 11 is 0. The van der Waals surface area contributed by atoms with Crippen molar-refractivity contribution in [3.8, 4) is 17.2 Å². The monoisotopic (exact) mass is 506 g/mol. The highest BCUT2D eigenvalue weighted by Crippen LogP contribution is 2.45. The lowest BCUT2D eigenvalue weighted by Gasteiger charge is -2.33. The molecule has 182 valence electrons. The zero-order chi connectivity index (χ0) is 25.7. The van der Waals surface area contributed by atoms with Crippen LogP contribution in [0.15, 0.2) is 115 Å². The predicted octanol–water partition coefficient (Wildman–Crippen LogP) is 6.87. The molecule has 3 aromatic heterocycles. The van der Waals surface area contributed by atoms with Gasteiger partial charge in [0, 0.05) is 43.5 Å². The molecule has 3 nitrogen and oxygen atoms in total. The lowest BCUT2D eigenvalue weighted by Crippen LogP contribution is -2.58. The van der Waals surface area contributed by atoms with E-state index in [0.29, 0.717) is 0 Å². The molecule has 5 heterocycles. The van der Waals surface area contributed by atoms with Gasteiger partial charge in [0.25, 0.3) is 6.71 Å². The number of nitrogens with zero attached hydrogens (tertiary/aromatic N) is 2. The van der Waals surface area contributed by atoms with Crippen LogP contribution in [0.25, 0.3) is 65.6 Å². The Hall–Kier alpha value is -5.22. The number of para-hydroxylation sites is 4. The van der Waals surface area contributed by atoms with Gasteiger partial charge in [-0.3, -0.25) is 0 Å². The van der Waals surface area contributed by atoms with Gasteiger partial charge in [0.15, 0.2) is 0 Å². The minimum Gasteiger partial charge on any atom is -0.458 e. The third kappa shape index (κ3) is 2.03. The van der Waals surface area contributed by atoms with Crippen molar-refractivity contribution in [1.82, 2.24) is 8.97 Å². The summed E-state index contributed by atoms with van der Waals surface area (Å²) in [6, 6.07) is 42.2. The summed E-state index contributed by atoms with van der Waals surface area (Å²) in [7, 11) is 0. The number of benzene rings is 6. The van der Waals surface area contributed by atoms with Gasteiger partial charge in [0.05, 0.1) is 22.1 Å². The fourth-order valence-corrected chi connectivity index (χ4v) is 8.08. The molecule has 2 aliphatic heterocycles. The minimum absolute atomic E-state index is 0.144. The molecule has 4 heteroatoms. The van der Waals surface area contributed by atoms with Gasteiger partial charge in [-0.25, -0.2) is 0 Å². The first kappa shape index (κ1) is 19.8. The third-order valence-electron chi connectivity index (χ3n) is 9.50. The van der Waals surface area contributed by atoms with Crippen LogP contribution in [0.2, 0.25) is 0 Å². The molecular weight excluding hydrogens is 487 g/mol. The molecule has 2 aliphatic rings. The lowest BCUT2D eigenvalue weighted by molar-refractivity contribution is 0.487. The van der Waals surface area contributed by atoms with Gasteiger partial charge in [0.2, 0.25) is 0 Å². The summed E-state index contributed by atoms with van der Waals surface area (Å²) in [6.45, 7) is 0.144. The Labute approximate surface area is 228 Å². The van der Waals surface area contributed by atoms with Crippen molar-refractivity contribution < 1.29 is 4.74 Å². The second-order valence-electron chi connectivity index (χ2n) is 11.3. The highest BCUT2D eigenvalue weighted by atomic mass is 16.5. The molecule has 0 radical (unpaired) electrons. The summed E-state index contributed by atoms with van der Waals surface area (Å²) < 4.78 is 11.6. The Morgan fingerprint density at radius 2 is 1.18 bits per heavy atom. The predicted molar refractivity (Wildman–Crippen MR) is 167 cm³/mol. The van der Waals surface area contributed by atoms with Crippen molar-refractivity contribution in [1.29, 1.82) is 0 Å². The van der Waals surface area contributed by atoms with E-state index in [9.17, 15) is 0 Å². The van der Waals surface area contributed by atoms with Crippen LogP contribution in [0.4, 0.5) is 0 Å². The second-order valence-corrected chi connectivity index (χ2v) is 11.3. The molecule has 0 fully saturated rings. The zero-order valence-electron chi connectivity index (χ0n) is 21.3. The van der Waals surface area contributed by atoms with E-state index in [4.69, 9.17) is 4.74 Å². The van der Waals surface area contributed by atoms with E-state index >= 15 is 0 Å². The normalized spacial score (nSPS) is 13.7. The Bertz CT molecular complexity index is 2590. The zero-order valence-corrected chi connectivity index (χ0v) is 21.3. The summed E-state index contributed by atoms with van der Waals surface area (Å²) in [6.07, 6.45) is 0. The van der Waals surface area contributed by atoms with E-state index < -0.39 is 0 Å². The van der Waals surface area contributed by atoms with E-state index in [1.807, 2.05) is 0 Å². The molecule has 0 spiro atoms. The van der Waals surface area contributed by atoms with Crippen LogP contribution in [0.1, 0.15) is 0 Å². The SMILES string of the molecule is c1ccc2c(c1)Oc1cccc3c1B2c1cccc2c4ccc5c(c6cccc7c8ccccc8n5c76)c4n-3c12. The average molecular weight is 506 g/mol. The van der Waals surface area contributed by atoms with Crippen molar-refractivity contribution in [2.45, 2.75) is 0 Å². The molecule has 9 aromatic rings. The largest absolute Gasteiger partial charge is 0.458 e. The van der Waals surface area contributed by atoms with Crippen LogP contribution in [0.5, 0.6) is 11.5 Å². The number of hydrogen-bond donors (Lipinski definition) is 0. The van der Waals surface area contributed by atoms with Crippen LogP contribution in [0, 0.1) is 0 Å². The van der Waals surface area contributed by atoms with E-state index in [2.05, 4.69) is 124 Å². The third-order valence-corrected chi connectivity index (χ3v) is 9.50. The van der Waals surface area contributed by atoms with E-state index in [-0.39, 0.29) is 6.71 Å². The summed E-state index contributed by atoms with van der Waals surface area (Å²) in [5, 5.41) is 7.86. The first-order valence-electron chi connectivity index (χ1n) is 13.9. The smallest absolute Gasteiger partial charge is 0.256 e. The highest BCUT2D eigenvalue weighted by Gasteiger charge is 2.40. The van der Waals surface area contributed by atoms with Crippen molar-refractivity contribution >= 4 is 83.0 Å². The molecule has 0 unspecified atom stereocenters. The highest BCUT2D eigenvalue weighted by molar-refractivity contribution is 6.99. The van der Waals surface area contributed by atoms with Gasteiger partial charge in [-0.1, -0.05) is 84.9 Å².